The zero-order valence-electron chi connectivity index (χ0n) is 11.8. The summed E-state index contributed by atoms with van der Waals surface area (Å²) >= 11 is 0. The third-order valence-corrected chi connectivity index (χ3v) is 4.10. The van der Waals surface area contributed by atoms with Crippen LogP contribution >= 0.6 is 0 Å². The van der Waals surface area contributed by atoms with Crippen LogP contribution in [0, 0.1) is 0 Å². The third kappa shape index (κ3) is 1.98. The van der Waals surface area contributed by atoms with E-state index < -0.39 is 5.60 Å². The molecule has 2 aromatic rings. The van der Waals surface area contributed by atoms with Crippen LogP contribution in [0.15, 0.2) is 10.7 Å². The molecule has 2 N–H and O–H groups in total. The maximum absolute atomic E-state index is 5.93. The standard InChI is InChI=1S/C13H19N5O2/c1-18-10(14)9(8-15-18)11-16-12(17-20-11)13(19-2)6-4-3-5-7-13/h8H,3-7,14H2,1-2H3. The summed E-state index contributed by atoms with van der Waals surface area (Å²) < 4.78 is 12.6. The fourth-order valence-electron chi connectivity index (χ4n) is 2.77. The van der Waals surface area contributed by atoms with Gasteiger partial charge in [0.1, 0.15) is 17.0 Å². The number of anilines is 1. The van der Waals surface area contributed by atoms with Gasteiger partial charge < -0.3 is 15.0 Å². The Morgan fingerprint density at radius 2 is 2.10 bits per heavy atom. The number of nitrogens with two attached hydrogens (primary N) is 1. The van der Waals surface area contributed by atoms with Crippen molar-refractivity contribution in [3.05, 3.63) is 12.0 Å². The van der Waals surface area contributed by atoms with E-state index in [0.717, 1.165) is 25.7 Å². The molecule has 7 heteroatoms. The first-order valence-corrected chi connectivity index (χ1v) is 6.83. The Labute approximate surface area is 117 Å². The number of methoxy groups -OCH3 is 1. The van der Waals surface area contributed by atoms with Gasteiger partial charge in [-0.1, -0.05) is 24.4 Å². The lowest BCUT2D eigenvalue weighted by molar-refractivity contribution is -0.0527. The van der Waals surface area contributed by atoms with Gasteiger partial charge in [0.2, 0.25) is 5.82 Å². The largest absolute Gasteiger partial charge is 0.383 e. The van der Waals surface area contributed by atoms with Gasteiger partial charge in [-0.2, -0.15) is 10.1 Å². The highest BCUT2D eigenvalue weighted by molar-refractivity contribution is 5.66. The van der Waals surface area contributed by atoms with E-state index in [2.05, 4.69) is 15.2 Å². The van der Waals surface area contributed by atoms with Crippen LogP contribution in [0.4, 0.5) is 5.82 Å². The van der Waals surface area contributed by atoms with Crippen LogP contribution in [0.5, 0.6) is 0 Å². The van der Waals surface area contributed by atoms with Crippen molar-refractivity contribution in [3.63, 3.8) is 0 Å². The van der Waals surface area contributed by atoms with Gasteiger partial charge in [-0.15, -0.1) is 0 Å². The van der Waals surface area contributed by atoms with E-state index in [1.807, 2.05) is 0 Å². The summed E-state index contributed by atoms with van der Waals surface area (Å²) in [6.07, 6.45) is 6.94. The van der Waals surface area contributed by atoms with Gasteiger partial charge in [0, 0.05) is 14.2 Å². The van der Waals surface area contributed by atoms with Crippen molar-refractivity contribution >= 4 is 5.82 Å². The molecule has 0 atom stereocenters. The molecule has 7 nitrogen and oxygen atoms in total. The molecule has 0 unspecified atom stereocenters. The molecule has 3 rings (SSSR count). The fraction of sp³-hybridized carbons (Fsp3) is 0.615. The Balaban J connectivity index is 1.95. The predicted molar refractivity (Wildman–Crippen MR) is 72.7 cm³/mol. The van der Waals surface area contributed by atoms with Crippen molar-refractivity contribution in [2.24, 2.45) is 7.05 Å². The minimum atomic E-state index is -0.420. The van der Waals surface area contributed by atoms with Gasteiger partial charge in [0.05, 0.1) is 6.20 Å². The molecule has 0 bridgehead atoms. The van der Waals surface area contributed by atoms with Gasteiger partial charge in [0.15, 0.2) is 0 Å². The SMILES string of the molecule is COC1(c2noc(-c3cnn(C)c3N)n2)CCCCC1. The van der Waals surface area contributed by atoms with Crippen LogP contribution in [-0.4, -0.2) is 27.0 Å². The van der Waals surface area contributed by atoms with Crippen LogP contribution in [0.1, 0.15) is 37.9 Å². The summed E-state index contributed by atoms with van der Waals surface area (Å²) in [7, 11) is 3.48. The van der Waals surface area contributed by atoms with Crippen LogP contribution in [0.3, 0.4) is 0 Å². The predicted octanol–water partition coefficient (Wildman–Crippen LogP) is 1.86. The lowest BCUT2D eigenvalue weighted by Crippen LogP contribution is -2.32. The number of nitrogens with zero attached hydrogens (tertiary/aromatic N) is 4. The number of ether oxygens (including phenoxy) is 1. The molecule has 0 aliphatic heterocycles. The second-order valence-corrected chi connectivity index (χ2v) is 5.25. The summed E-state index contributed by atoms with van der Waals surface area (Å²) in [5, 5.41) is 8.19. The Kier molecular flexibility index (Phi) is 3.21. The van der Waals surface area contributed by atoms with Gasteiger partial charge >= 0.3 is 0 Å². The summed E-state index contributed by atoms with van der Waals surface area (Å²) in [5.74, 6) is 1.51. The van der Waals surface area contributed by atoms with Crippen molar-refractivity contribution in [1.29, 1.82) is 0 Å². The van der Waals surface area contributed by atoms with E-state index in [-0.39, 0.29) is 0 Å². The molecular weight excluding hydrogens is 258 g/mol. The lowest BCUT2D eigenvalue weighted by atomic mass is 9.84. The monoisotopic (exact) mass is 277 g/mol. The summed E-state index contributed by atoms with van der Waals surface area (Å²) in [6.45, 7) is 0. The highest BCUT2D eigenvalue weighted by Gasteiger charge is 2.38. The highest BCUT2D eigenvalue weighted by Crippen LogP contribution is 2.39. The Bertz CT molecular complexity index is 598. The minimum Gasteiger partial charge on any atom is -0.383 e. The first-order chi connectivity index (χ1) is 9.66. The highest BCUT2D eigenvalue weighted by atomic mass is 16.5. The molecule has 1 fully saturated rings. The summed E-state index contributed by atoms with van der Waals surface area (Å²) in [4.78, 5) is 4.49. The van der Waals surface area contributed by atoms with Crippen molar-refractivity contribution < 1.29 is 9.26 Å². The van der Waals surface area contributed by atoms with E-state index >= 15 is 0 Å². The van der Waals surface area contributed by atoms with Gasteiger partial charge in [-0.3, -0.25) is 4.68 Å². The van der Waals surface area contributed by atoms with E-state index in [0.29, 0.717) is 23.1 Å². The topological polar surface area (TPSA) is 92.0 Å². The number of rotatable bonds is 3. The number of aromatic nitrogens is 4. The number of nitrogen functional groups attached to an aromatic ring is 1. The Morgan fingerprint density at radius 3 is 2.70 bits per heavy atom. The molecule has 2 aromatic heterocycles. The van der Waals surface area contributed by atoms with Gasteiger partial charge in [0.25, 0.3) is 5.89 Å². The average Bonchev–Trinajstić information content (AvgIpc) is 3.08. The van der Waals surface area contributed by atoms with Crippen molar-refractivity contribution in [1.82, 2.24) is 19.9 Å². The molecule has 1 saturated carbocycles. The Hall–Kier alpha value is -1.89. The van der Waals surface area contributed by atoms with Gasteiger partial charge in [-0.05, 0) is 12.8 Å². The van der Waals surface area contributed by atoms with Crippen LogP contribution in [0.2, 0.25) is 0 Å². The van der Waals surface area contributed by atoms with Crippen molar-refractivity contribution in [2.75, 3.05) is 12.8 Å². The second-order valence-electron chi connectivity index (χ2n) is 5.25. The summed E-state index contributed by atoms with van der Waals surface area (Å²) in [6, 6.07) is 0. The smallest absolute Gasteiger partial charge is 0.263 e. The molecule has 0 spiro atoms. The normalized spacial score (nSPS) is 18.3. The van der Waals surface area contributed by atoms with Crippen LogP contribution < -0.4 is 5.73 Å². The van der Waals surface area contributed by atoms with E-state index in [1.54, 1.807) is 25.0 Å². The van der Waals surface area contributed by atoms with Crippen LogP contribution in [-0.2, 0) is 17.4 Å². The molecule has 0 saturated heterocycles. The fourth-order valence-corrected chi connectivity index (χ4v) is 2.77. The summed E-state index contributed by atoms with van der Waals surface area (Å²) in [5.41, 5.74) is 6.17. The first kappa shape index (κ1) is 13.1. The average molecular weight is 277 g/mol. The van der Waals surface area contributed by atoms with Gasteiger partial charge in [-0.25, -0.2) is 0 Å². The first-order valence-electron chi connectivity index (χ1n) is 6.83. The zero-order chi connectivity index (χ0) is 14.2. The second kappa shape index (κ2) is 4.90. The molecule has 0 aromatic carbocycles. The Morgan fingerprint density at radius 1 is 1.35 bits per heavy atom. The van der Waals surface area contributed by atoms with Crippen LogP contribution in [0.25, 0.3) is 11.5 Å². The molecular formula is C13H19N5O2. The van der Waals surface area contributed by atoms with Crippen molar-refractivity contribution in [3.8, 4) is 11.5 Å². The number of hydrogen-bond donors (Lipinski definition) is 1. The third-order valence-electron chi connectivity index (χ3n) is 4.10. The lowest BCUT2D eigenvalue weighted by Gasteiger charge is -2.32. The maximum atomic E-state index is 5.93. The molecule has 1 aliphatic rings. The molecule has 2 heterocycles. The van der Waals surface area contributed by atoms with E-state index in [4.69, 9.17) is 15.0 Å². The van der Waals surface area contributed by atoms with Crippen molar-refractivity contribution in [2.45, 2.75) is 37.7 Å². The van der Waals surface area contributed by atoms with E-state index in [9.17, 15) is 0 Å². The molecule has 1 aliphatic carbocycles. The minimum absolute atomic E-state index is 0.396. The van der Waals surface area contributed by atoms with E-state index in [1.165, 1.54) is 6.42 Å². The number of aryl methyl sites for hydroxylation is 1. The quantitative estimate of drug-likeness (QED) is 0.920. The molecule has 108 valence electrons. The number of hydrogen-bond acceptors (Lipinski definition) is 6. The molecule has 20 heavy (non-hydrogen) atoms. The maximum Gasteiger partial charge on any atom is 0.263 e. The molecule has 0 radical (unpaired) electrons. The molecule has 0 amide bonds. The zero-order valence-corrected chi connectivity index (χ0v) is 11.8.